The highest BCUT2D eigenvalue weighted by Gasteiger charge is 2.54. The number of H-pyrrole nitrogens is 1. The van der Waals surface area contributed by atoms with Crippen molar-refractivity contribution in [1.82, 2.24) is 25.7 Å². The molecule has 0 radical (unpaired) electrons. The molecule has 2 aromatic carbocycles. The van der Waals surface area contributed by atoms with E-state index < -0.39 is 0 Å². The normalized spacial score (nSPS) is 24.6. The Morgan fingerprint density at radius 1 is 0.971 bits per heavy atom. The van der Waals surface area contributed by atoms with Crippen LogP contribution in [0.3, 0.4) is 0 Å². The van der Waals surface area contributed by atoms with Crippen molar-refractivity contribution in [3.8, 4) is 0 Å². The van der Waals surface area contributed by atoms with Crippen molar-refractivity contribution in [2.75, 3.05) is 12.3 Å². The van der Waals surface area contributed by atoms with E-state index in [0.717, 1.165) is 49.7 Å². The average molecular weight is 467 g/mol. The van der Waals surface area contributed by atoms with Gasteiger partial charge in [-0.25, -0.2) is 4.98 Å². The third-order valence-corrected chi connectivity index (χ3v) is 8.27. The van der Waals surface area contributed by atoms with Gasteiger partial charge in [-0.15, -0.1) is 5.10 Å². The Labute approximate surface area is 204 Å². The van der Waals surface area contributed by atoms with Crippen molar-refractivity contribution in [1.29, 1.82) is 0 Å². The lowest BCUT2D eigenvalue weighted by molar-refractivity contribution is -0.133. The van der Waals surface area contributed by atoms with E-state index in [4.69, 9.17) is 5.73 Å². The van der Waals surface area contributed by atoms with Crippen LogP contribution in [0.25, 0.3) is 11.2 Å². The summed E-state index contributed by atoms with van der Waals surface area (Å²) in [6, 6.07) is 22.7. The van der Waals surface area contributed by atoms with Gasteiger partial charge in [-0.1, -0.05) is 60.7 Å². The fourth-order valence-corrected chi connectivity index (χ4v) is 6.35. The fraction of sp³-hybridized carbons (Fsp3) is 0.357. The van der Waals surface area contributed by atoms with Crippen LogP contribution in [0.4, 0.5) is 5.82 Å². The van der Waals surface area contributed by atoms with E-state index in [1.54, 1.807) is 0 Å². The van der Waals surface area contributed by atoms with Gasteiger partial charge in [-0.3, -0.25) is 4.79 Å². The number of aromatic amines is 1. The van der Waals surface area contributed by atoms with Gasteiger partial charge in [0.2, 0.25) is 5.65 Å². The number of benzene rings is 2. The van der Waals surface area contributed by atoms with Crippen molar-refractivity contribution >= 4 is 22.8 Å². The predicted octanol–water partition coefficient (Wildman–Crippen LogP) is 4.27. The van der Waals surface area contributed by atoms with E-state index in [1.807, 2.05) is 30.3 Å². The number of nitrogens with one attached hydrogen (secondary N) is 2. The molecule has 2 bridgehead atoms. The van der Waals surface area contributed by atoms with Crippen LogP contribution in [0.15, 0.2) is 66.7 Å². The first-order valence-corrected chi connectivity index (χ1v) is 12.4. The number of ketones is 1. The maximum absolute atomic E-state index is 13.4. The first-order chi connectivity index (χ1) is 17.1. The maximum Gasteiger partial charge on any atom is 0.203 e. The number of nitrogens with two attached hydrogens (primary N) is 1. The summed E-state index contributed by atoms with van der Waals surface area (Å²) >= 11 is 0. The molecule has 178 valence electrons. The lowest BCUT2D eigenvalue weighted by Crippen LogP contribution is -2.60. The Morgan fingerprint density at radius 2 is 1.69 bits per heavy atom. The van der Waals surface area contributed by atoms with Crippen LogP contribution in [-0.4, -0.2) is 38.3 Å². The Morgan fingerprint density at radius 3 is 2.40 bits per heavy atom. The number of hydrogen-bond acceptors (Lipinski definition) is 6. The highest BCUT2D eigenvalue weighted by molar-refractivity contribution is 5.93. The van der Waals surface area contributed by atoms with Gasteiger partial charge in [0.05, 0.1) is 5.41 Å². The highest BCUT2D eigenvalue weighted by atomic mass is 16.1. The van der Waals surface area contributed by atoms with Gasteiger partial charge in [0.1, 0.15) is 17.1 Å². The molecule has 3 aliphatic rings. The molecule has 0 aliphatic heterocycles. The molecule has 3 fully saturated rings. The van der Waals surface area contributed by atoms with E-state index in [2.05, 4.69) is 62.1 Å². The fourth-order valence-electron chi connectivity index (χ4n) is 6.35. The molecule has 7 heteroatoms. The second-order valence-electron chi connectivity index (χ2n) is 10.1. The quantitative estimate of drug-likeness (QED) is 0.375. The minimum Gasteiger partial charge on any atom is -0.384 e. The molecule has 4 N–H and O–H groups in total. The topological polar surface area (TPSA) is 110 Å². The van der Waals surface area contributed by atoms with Crippen LogP contribution in [-0.2, 0) is 10.2 Å². The van der Waals surface area contributed by atoms with E-state index in [-0.39, 0.29) is 16.9 Å². The summed E-state index contributed by atoms with van der Waals surface area (Å²) in [6.07, 6.45) is 5.36. The van der Waals surface area contributed by atoms with Gasteiger partial charge < -0.3 is 11.1 Å². The molecule has 0 amide bonds. The highest BCUT2D eigenvalue weighted by Crippen LogP contribution is 2.51. The smallest absolute Gasteiger partial charge is 0.203 e. The van der Waals surface area contributed by atoms with Gasteiger partial charge in [-0.05, 0) is 61.4 Å². The number of carbonyl (C=O) groups is 1. The van der Waals surface area contributed by atoms with E-state index in [0.29, 0.717) is 23.7 Å². The molecule has 3 saturated carbocycles. The van der Waals surface area contributed by atoms with Crippen molar-refractivity contribution in [3.05, 3.63) is 83.4 Å². The number of pyridine rings is 1. The summed E-state index contributed by atoms with van der Waals surface area (Å²) in [5.74, 6) is 0.917. The van der Waals surface area contributed by atoms with Crippen molar-refractivity contribution in [3.63, 3.8) is 0 Å². The summed E-state index contributed by atoms with van der Waals surface area (Å²) in [5.41, 5.74) is 10.4. The third-order valence-electron chi connectivity index (χ3n) is 8.27. The number of hydrogen-bond donors (Lipinski definition) is 3. The summed E-state index contributed by atoms with van der Waals surface area (Å²) in [4.78, 5) is 17.7. The largest absolute Gasteiger partial charge is 0.384 e. The Bertz CT molecular complexity index is 1340. The third kappa shape index (κ3) is 3.80. The molecule has 7 rings (SSSR count). The lowest BCUT2D eigenvalue weighted by atomic mass is 9.54. The number of aromatic nitrogens is 4. The van der Waals surface area contributed by atoms with Crippen LogP contribution >= 0.6 is 0 Å². The number of Topliss-reactive ketones (excluding diaryl/α,β-unsaturated/α-hetero) is 1. The SMILES string of the molecule is Nc1cc(C(CCNC23CCC(c4ccccc4)(CC2)C(=O)C3)c2ccccc2)c2n[nH]nc2n1. The molecule has 1 unspecified atom stereocenters. The van der Waals surface area contributed by atoms with Crippen LogP contribution < -0.4 is 11.1 Å². The molecule has 1 atom stereocenters. The minimum atomic E-state index is -0.287. The Balaban J connectivity index is 1.22. The zero-order valence-corrected chi connectivity index (χ0v) is 19.7. The van der Waals surface area contributed by atoms with E-state index in [9.17, 15) is 4.79 Å². The lowest BCUT2D eigenvalue weighted by Gasteiger charge is -2.53. The van der Waals surface area contributed by atoms with Crippen LogP contribution in [0.2, 0.25) is 0 Å². The number of anilines is 1. The second-order valence-corrected chi connectivity index (χ2v) is 10.1. The second kappa shape index (κ2) is 8.57. The predicted molar refractivity (Wildman–Crippen MR) is 136 cm³/mol. The summed E-state index contributed by atoms with van der Waals surface area (Å²) < 4.78 is 0. The standard InChI is InChI=1S/C28H30N6O/c29-24-17-22(25-26(31-24)33-34-32-25)21(19-7-3-1-4-8-19)11-16-30-27-12-14-28(15-13-27,23(35)18-27)20-9-5-2-6-10-20/h1-10,17,21,30H,11-16,18H2,(H3,29,31,32,33,34). The van der Waals surface area contributed by atoms with Crippen molar-refractivity contribution < 1.29 is 4.79 Å². The molecular formula is C28H30N6O. The van der Waals surface area contributed by atoms with Crippen LogP contribution in [0.1, 0.15) is 61.1 Å². The number of rotatable bonds is 7. The molecule has 0 spiro atoms. The van der Waals surface area contributed by atoms with Gasteiger partial charge in [0.15, 0.2) is 0 Å². The van der Waals surface area contributed by atoms with Crippen molar-refractivity contribution in [2.24, 2.45) is 0 Å². The average Bonchev–Trinajstić information content (AvgIpc) is 3.36. The van der Waals surface area contributed by atoms with Gasteiger partial charge >= 0.3 is 0 Å². The molecule has 0 saturated heterocycles. The number of fused-ring (bicyclic) bond motifs is 4. The summed E-state index contributed by atoms with van der Waals surface area (Å²) in [5, 5.41) is 15.1. The number of nitrogen functional groups attached to an aromatic ring is 1. The maximum atomic E-state index is 13.4. The van der Waals surface area contributed by atoms with Gasteiger partial charge in [0.25, 0.3) is 0 Å². The zero-order chi connectivity index (χ0) is 23.9. The van der Waals surface area contributed by atoms with Crippen LogP contribution in [0, 0.1) is 0 Å². The minimum absolute atomic E-state index is 0.0873. The molecule has 4 aromatic rings. The summed E-state index contributed by atoms with van der Waals surface area (Å²) in [7, 11) is 0. The number of nitrogens with zero attached hydrogens (tertiary/aromatic N) is 3. The molecule has 35 heavy (non-hydrogen) atoms. The number of carbonyl (C=O) groups excluding carboxylic acids is 1. The van der Waals surface area contributed by atoms with E-state index in [1.165, 1.54) is 11.1 Å². The first kappa shape index (κ1) is 21.9. The van der Waals surface area contributed by atoms with Gasteiger partial charge in [0, 0.05) is 17.9 Å². The Kier molecular flexibility index (Phi) is 5.37. The summed E-state index contributed by atoms with van der Waals surface area (Å²) in [6.45, 7) is 0.798. The van der Waals surface area contributed by atoms with Crippen molar-refractivity contribution in [2.45, 2.75) is 55.4 Å². The molecular weight excluding hydrogens is 436 g/mol. The molecule has 3 aliphatic carbocycles. The molecule has 2 aromatic heterocycles. The molecule has 7 nitrogen and oxygen atoms in total. The zero-order valence-electron chi connectivity index (χ0n) is 19.7. The first-order valence-electron chi connectivity index (χ1n) is 12.4. The van der Waals surface area contributed by atoms with Gasteiger partial charge in [-0.2, -0.15) is 10.3 Å². The Hall–Kier alpha value is -3.58. The van der Waals surface area contributed by atoms with Crippen LogP contribution in [0.5, 0.6) is 0 Å². The molecule has 2 heterocycles. The monoisotopic (exact) mass is 466 g/mol. The van der Waals surface area contributed by atoms with E-state index >= 15 is 0 Å².